The van der Waals surface area contributed by atoms with E-state index in [1.165, 1.54) is 17.8 Å². The van der Waals surface area contributed by atoms with Crippen molar-refractivity contribution in [2.45, 2.75) is 15.8 Å². The molecule has 0 aliphatic rings. The van der Waals surface area contributed by atoms with Gasteiger partial charge in [-0.1, -0.05) is 23.4 Å². The first-order chi connectivity index (χ1) is 13.9. The van der Waals surface area contributed by atoms with E-state index in [-0.39, 0.29) is 17.1 Å². The average Bonchev–Trinajstić information content (AvgIpc) is 2.71. The Morgan fingerprint density at radius 1 is 1.17 bits per heavy atom. The van der Waals surface area contributed by atoms with Crippen molar-refractivity contribution in [2.75, 3.05) is 12.9 Å². The molecule has 150 valence electrons. The van der Waals surface area contributed by atoms with Crippen LogP contribution in [0.1, 0.15) is 16.1 Å². The van der Waals surface area contributed by atoms with Crippen LogP contribution in [0.2, 0.25) is 5.02 Å². The predicted octanol–water partition coefficient (Wildman–Crippen LogP) is 5.46. The Kier molecular flexibility index (Phi) is 7.83. The Hall–Kier alpha value is -1.74. The molecule has 1 N–H and O–H groups in total. The summed E-state index contributed by atoms with van der Waals surface area (Å²) in [4.78, 5) is 32.6. The molecule has 0 fully saturated rings. The third-order valence-electron chi connectivity index (χ3n) is 3.79. The van der Waals surface area contributed by atoms with Crippen LogP contribution >= 0.6 is 51.1 Å². The standard InChI is InChI=1S/C20H16BrClN2O3S2/c1-27-18-7-2-12(8-16(18)21)17(25)11-29-20-23-14(9-19(26)24-20)10-28-15-5-3-13(22)4-6-15/h2-9H,10-11H2,1H3,(H,23,24,26). The number of ether oxygens (including phenoxy) is 1. The maximum atomic E-state index is 12.5. The average molecular weight is 512 g/mol. The molecule has 1 heterocycles. The van der Waals surface area contributed by atoms with E-state index in [9.17, 15) is 9.59 Å². The fraction of sp³-hybridized carbons (Fsp3) is 0.150. The number of Topliss-reactive ketones (excluding diaryl/α,β-unsaturated/α-hetero) is 1. The normalized spacial score (nSPS) is 10.7. The number of rotatable bonds is 8. The first-order valence-electron chi connectivity index (χ1n) is 8.43. The van der Waals surface area contributed by atoms with Crippen molar-refractivity contribution in [1.82, 2.24) is 9.97 Å². The first-order valence-corrected chi connectivity index (χ1v) is 11.6. The number of aromatic amines is 1. The number of hydrogen-bond acceptors (Lipinski definition) is 6. The number of benzene rings is 2. The van der Waals surface area contributed by atoms with Gasteiger partial charge in [0.15, 0.2) is 10.9 Å². The molecule has 0 radical (unpaired) electrons. The molecule has 0 bridgehead atoms. The fourth-order valence-corrected chi connectivity index (χ4v) is 4.62. The summed E-state index contributed by atoms with van der Waals surface area (Å²) in [5.41, 5.74) is 0.964. The Bertz CT molecular complexity index is 1070. The Balaban J connectivity index is 1.63. The van der Waals surface area contributed by atoms with Gasteiger partial charge in [-0.25, -0.2) is 4.98 Å². The zero-order valence-electron chi connectivity index (χ0n) is 15.3. The zero-order valence-corrected chi connectivity index (χ0v) is 19.3. The summed E-state index contributed by atoms with van der Waals surface area (Å²) in [6.45, 7) is 0. The monoisotopic (exact) mass is 510 g/mol. The van der Waals surface area contributed by atoms with Crippen LogP contribution in [-0.2, 0) is 5.75 Å². The van der Waals surface area contributed by atoms with Gasteiger partial charge in [-0.2, -0.15) is 0 Å². The maximum absolute atomic E-state index is 12.5. The van der Waals surface area contributed by atoms with Gasteiger partial charge >= 0.3 is 0 Å². The molecule has 0 atom stereocenters. The second-order valence-corrected chi connectivity index (χ2v) is 9.15. The van der Waals surface area contributed by atoms with Crippen LogP contribution in [0.25, 0.3) is 0 Å². The minimum atomic E-state index is -0.242. The highest BCUT2D eigenvalue weighted by Gasteiger charge is 2.11. The van der Waals surface area contributed by atoms with Crippen molar-refractivity contribution in [3.8, 4) is 5.75 Å². The number of hydrogen-bond donors (Lipinski definition) is 1. The first kappa shape index (κ1) is 22.0. The number of ketones is 1. The molecule has 0 amide bonds. The molecule has 0 saturated heterocycles. The molecule has 0 unspecified atom stereocenters. The molecular weight excluding hydrogens is 496 g/mol. The topological polar surface area (TPSA) is 72.0 Å². The van der Waals surface area contributed by atoms with Crippen molar-refractivity contribution in [1.29, 1.82) is 0 Å². The zero-order chi connectivity index (χ0) is 20.8. The second-order valence-electron chi connectivity index (χ2n) is 5.85. The van der Waals surface area contributed by atoms with Crippen molar-refractivity contribution in [2.24, 2.45) is 0 Å². The van der Waals surface area contributed by atoms with Crippen molar-refractivity contribution < 1.29 is 9.53 Å². The molecule has 0 aliphatic carbocycles. The Morgan fingerprint density at radius 3 is 2.62 bits per heavy atom. The number of aromatic nitrogens is 2. The summed E-state index contributed by atoms with van der Waals surface area (Å²) in [5.74, 6) is 1.29. The lowest BCUT2D eigenvalue weighted by Crippen LogP contribution is -2.11. The molecule has 5 nitrogen and oxygen atoms in total. The molecule has 29 heavy (non-hydrogen) atoms. The van der Waals surface area contributed by atoms with Crippen LogP contribution in [0.4, 0.5) is 0 Å². The largest absolute Gasteiger partial charge is 0.496 e. The molecular formula is C20H16BrClN2O3S2. The van der Waals surface area contributed by atoms with Gasteiger partial charge in [0.1, 0.15) is 5.75 Å². The predicted molar refractivity (Wildman–Crippen MR) is 122 cm³/mol. The van der Waals surface area contributed by atoms with E-state index in [0.717, 1.165) is 4.90 Å². The van der Waals surface area contributed by atoms with Gasteiger partial charge < -0.3 is 9.72 Å². The van der Waals surface area contributed by atoms with Crippen molar-refractivity contribution in [3.63, 3.8) is 0 Å². The third-order valence-corrected chi connectivity index (χ3v) is 6.58. The number of halogens is 2. The van der Waals surface area contributed by atoms with Crippen LogP contribution in [0.3, 0.4) is 0 Å². The quantitative estimate of drug-likeness (QED) is 0.246. The van der Waals surface area contributed by atoms with Crippen LogP contribution in [-0.4, -0.2) is 28.6 Å². The van der Waals surface area contributed by atoms with E-state index >= 15 is 0 Å². The molecule has 2 aromatic carbocycles. The molecule has 3 rings (SSSR count). The fourth-order valence-electron chi connectivity index (χ4n) is 2.37. The minimum Gasteiger partial charge on any atom is -0.496 e. The SMILES string of the molecule is COc1ccc(C(=O)CSc2nc(CSc3ccc(Cl)cc3)cc(=O)[nH]2)cc1Br. The lowest BCUT2D eigenvalue weighted by molar-refractivity contribution is 0.102. The van der Waals surface area contributed by atoms with E-state index in [0.29, 0.717) is 37.4 Å². The number of carbonyl (C=O) groups excluding carboxylic acids is 1. The minimum absolute atomic E-state index is 0.0676. The molecule has 3 aromatic rings. The molecule has 0 saturated carbocycles. The highest BCUT2D eigenvalue weighted by atomic mass is 79.9. The number of nitrogens with zero attached hydrogens (tertiary/aromatic N) is 1. The van der Waals surface area contributed by atoms with E-state index in [4.69, 9.17) is 16.3 Å². The summed E-state index contributed by atoms with van der Waals surface area (Å²) in [6.07, 6.45) is 0. The van der Waals surface area contributed by atoms with E-state index in [1.807, 2.05) is 24.3 Å². The summed E-state index contributed by atoms with van der Waals surface area (Å²) in [7, 11) is 1.57. The van der Waals surface area contributed by atoms with Gasteiger partial charge in [0, 0.05) is 27.3 Å². The smallest absolute Gasteiger partial charge is 0.251 e. The van der Waals surface area contributed by atoms with Gasteiger partial charge in [-0.3, -0.25) is 9.59 Å². The summed E-state index contributed by atoms with van der Waals surface area (Å²) < 4.78 is 5.89. The summed E-state index contributed by atoms with van der Waals surface area (Å²) in [5, 5.41) is 1.10. The van der Waals surface area contributed by atoms with Crippen LogP contribution in [0.15, 0.2) is 67.9 Å². The van der Waals surface area contributed by atoms with Gasteiger partial charge in [0.2, 0.25) is 0 Å². The van der Waals surface area contributed by atoms with Crippen molar-refractivity contribution >= 4 is 56.8 Å². The number of thioether (sulfide) groups is 2. The van der Waals surface area contributed by atoms with Gasteiger partial charge in [0.25, 0.3) is 5.56 Å². The number of H-pyrrole nitrogens is 1. The number of nitrogens with one attached hydrogen (secondary N) is 1. The number of methoxy groups -OCH3 is 1. The molecule has 0 spiro atoms. The van der Waals surface area contributed by atoms with Gasteiger partial charge in [0.05, 0.1) is 23.0 Å². The molecule has 1 aromatic heterocycles. The van der Waals surface area contributed by atoms with Crippen molar-refractivity contribution in [3.05, 3.63) is 79.6 Å². The van der Waals surface area contributed by atoms with Crippen LogP contribution in [0, 0.1) is 0 Å². The van der Waals surface area contributed by atoms with E-state index in [2.05, 4.69) is 25.9 Å². The Morgan fingerprint density at radius 2 is 1.93 bits per heavy atom. The highest BCUT2D eigenvalue weighted by molar-refractivity contribution is 9.10. The van der Waals surface area contributed by atoms with E-state index in [1.54, 1.807) is 37.1 Å². The third kappa shape index (κ3) is 6.37. The lowest BCUT2D eigenvalue weighted by atomic mass is 10.1. The second kappa shape index (κ2) is 10.3. The van der Waals surface area contributed by atoms with Gasteiger partial charge in [-0.05, 0) is 58.4 Å². The maximum Gasteiger partial charge on any atom is 0.251 e. The lowest BCUT2D eigenvalue weighted by Gasteiger charge is -2.06. The Labute approximate surface area is 189 Å². The summed E-state index contributed by atoms with van der Waals surface area (Å²) in [6, 6.07) is 14.1. The molecule has 0 aliphatic heterocycles. The summed E-state index contributed by atoms with van der Waals surface area (Å²) >= 11 is 12.0. The van der Waals surface area contributed by atoms with Gasteiger partial charge in [-0.15, -0.1) is 11.8 Å². The number of carbonyl (C=O) groups is 1. The van der Waals surface area contributed by atoms with Crippen LogP contribution in [0.5, 0.6) is 5.75 Å². The molecule has 9 heteroatoms. The highest BCUT2D eigenvalue weighted by Crippen LogP contribution is 2.27. The van der Waals surface area contributed by atoms with E-state index < -0.39 is 0 Å². The van der Waals surface area contributed by atoms with Crippen LogP contribution < -0.4 is 10.3 Å².